The third kappa shape index (κ3) is 16.9. The van der Waals surface area contributed by atoms with Gasteiger partial charge in [-0.15, -0.1) is 0 Å². The fraction of sp³-hybridized carbons (Fsp3) is 0.500. The second kappa shape index (κ2) is 28.4. The van der Waals surface area contributed by atoms with E-state index in [4.69, 9.17) is 0 Å². The zero-order valence-corrected chi connectivity index (χ0v) is 60.5. The molecule has 0 aliphatic carbocycles. The second-order valence-electron chi connectivity index (χ2n) is 29.4. The van der Waals surface area contributed by atoms with E-state index in [1.54, 1.807) is 36.4 Å². The summed E-state index contributed by atoms with van der Waals surface area (Å²) in [5.74, 6) is 0. The number of aromatic amines is 2. The number of nitrogens with one attached hydrogen (secondary N) is 6. The summed E-state index contributed by atoms with van der Waals surface area (Å²) in [6, 6.07) is 29.2. The summed E-state index contributed by atoms with van der Waals surface area (Å²) >= 11 is 0. The van der Waals surface area contributed by atoms with Gasteiger partial charge in [0.15, 0.2) is 0 Å². The summed E-state index contributed by atoms with van der Waals surface area (Å²) in [6.07, 6.45) is 11.1. The molecule has 0 saturated heterocycles. The first-order valence-electron chi connectivity index (χ1n) is 32.6. The van der Waals surface area contributed by atoms with E-state index in [0.717, 1.165) is 44.5 Å². The van der Waals surface area contributed by atoms with Crippen molar-refractivity contribution in [2.24, 2.45) is 0 Å². The monoisotopic (exact) mass is 1340 g/mol. The van der Waals surface area contributed by atoms with Gasteiger partial charge in [0.05, 0.1) is 48.2 Å². The predicted molar refractivity (Wildman–Crippen MR) is 375 cm³/mol. The number of fused-ring (bicyclic) bond motifs is 6. The lowest BCUT2D eigenvalue weighted by Gasteiger charge is -2.39. The molecule has 0 amide bonds. The number of unbranched alkanes of at least 4 members (excludes halogenated alkanes) is 4. The van der Waals surface area contributed by atoms with E-state index in [1.165, 1.54) is 82.0 Å². The highest BCUT2D eigenvalue weighted by Gasteiger charge is 2.33. The maximum absolute atomic E-state index is 13.7. The molecule has 6 N–H and O–H groups in total. The maximum atomic E-state index is 13.7. The zero-order chi connectivity index (χ0) is 66.9. The van der Waals surface area contributed by atoms with Crippen LogP contribution in [0.4, 0.5) is 0 Å². The van der Waals surface area contributed by atoms with Gasteiger partial charge < -0.3 is 19.2 Å². The van der Waals surface area contributed by atoms with Crippen molar-refractivity contribution < 1.29 is 42.9 Å². The van der Waals surface area contributed by atoms with Crippen molar-refractivity contribution in [3.8, 4) is 0 Å². The molecule has 4 heterocycles. The first-order valence-corrected chi connectivity index (χ1v) is 38.6. The molecule has 0 atom stereocenters. The van der Waals surface area contributed by atoms with E-state index in [9.17, 15) is 33.7 Å². The average Bonchev–Trinajstić information content (AvgIpc) is 1.57. The molecular formula is C72H102FN7O8S4. The van der Waals surface area contributed by atoms with Gasteiger partial charge in [0.2, 0.25) is 40.1 Å². The number of hydrogen-bond donors (Lipinski definition) is 6. The lowest BCUT2D eigenvalue weighted by atomic mass is 9.85. The lowest BCUT2D eigenvalue weighted by molar-refractivity contribution is -0.929. The normalized spacial score (nSPS) is 16.6. The first kappa shape index (κ1) is 73.9. The summed E-state index contributed by atoms with van der Waals surface area (Å²) < 4.78 is 122. The van der Waals surface area contributed by atoms with Crippen molar-refractivity contribution in [2.75, 3.05) is 26.2 Å². The molecule has 6 aromatic carbocycles. The van der Waals surface area contributed by atoms with Crippen molar-refractivity contribution in [1.29, 1.82) is 0 Å². The van der Waals surface area contributed by atoms with Crippen LogP contribution in [0.3, 0.4) is 0 Å². The summed E-state index contributed by atoms with van der Waals surface area (Å²) in [5.41, 5.74) is 6.56. The van der Waals surface area contributed by atoms with Crippen molar-refractivity contribution in [1.82, 2.24) is 28.9 Å². The Bertz CT molecular complexity index is 3880. The Labute approximate surface area is 549 Å². The molecule has 0 fully saturated rings. The summed E-state index contributed by atoms with van der Waals surface area (Å²) in [6.45, 7) is 39.7. The highest BCUT2D eigenvalue weighted by atomic mass is 32.2. The Hall–Kier alpha value is -5.55. The predicted octanol–water partition coefficient (Wildman–Crippen LogP) is 12.4. The van der Waals surface area contributed by atoms with Crippen molar-refractivity contribution in [2.45, 2.75) is 230 Å². The van der Waals surface area contributed by atoms with Crippen LogP contribution < -0.4 is 23.6 Å². The highest BCUT2D eigenvalue weighted by Crippen LogP contribution is 2.42. The Balaban J connectivity index is 0.000000209. The second-order valence-corrected chi connectivity index (χ2v) is 36.4. The van der Waals surface area contributed by atoms with E-state index >= 15 is 0 Å². The summed E-state index contributed by atoms with van der Waals surface area (Å²) in [4.78, 5) is 6.83. The van der Waals surface area contributed by atoms with Crippen LogP contribution in [0.15, 0.2) is 117 Å². The molecule has 0 saturated carbocycles. The maximum Gasteiger partial charge on any atom is 0.242 e. The van der Waals surface area contributed by atoms with Crippen LogP contribution in [0, 0.1) is 0 Å². The Morgan fingerprint density at radius 3 is 0.728 bits per heavy atom. The van der Waals surface area contributed by atoms with Gasteiger partial charge in [0, 0.05) is 47.7 Å². The molecule has 0 spiro atoms. The summed E-state index contributed by atoms with van der Waals surface area (Å²) in [5, 5.41) is 2.73. The molecule has 15 nitrogen and oxygen atoms in total. The molecule has 8 aromatic rings. The SMILES string of the molecule is CC(C)(C)c1cc2c3[nH]c4c(cc(C(C)(C)C)cc4c3c1)S(=O)(=O)NCc1cccc(c1)CNS2(=O)=O.CC(C)(C)c1cc2c3[nH]c4c(cc(C(C)(C)C)cc4c3c1)S(=O)(=O)NCc1cccc(c1)CNS2(=O)=O.CCCC[N+](CCCC)(CCCC)CCCC.[F-]. The van der Waals surface area contributed by atoms with Gasteiger partial charge in [0.1, 0.15) is 19.6 Å². The van der Waals surface area contributed by atoms with Gasteiger partial charge in [-0.2, -0.15) is 0 Å². The topological polar surface area (TPSA) is 216 Å². The molecule has 8 bridgehead atoms. The van der Waals surface area contributed by atoms with Crippen LogP contribution in [0.1, 0.15) is 207 Å². The van der Waals surface area contributed by atoms with E-state index in [1.807, 2.05) is 144 Å². The fourth-order valence-corrected chi connectivity index (χ4v) is 16.9. The molecule has 0 radical (unpaired) electrons. The number of halogens is 1. The number of rotatable bonds is 12. The van der Waals surface area contributed by atoms with Crippen molar-refractivity contribution in [3.05, 3.63) is 142 Å². The Kier molecular flexibility index (Phi) is 22.8. The average molecular weight is 1340 g/mol. The van der Waals surface area contributed by atoms with Crippen LogP contribution >= 0.6 is 0 Å². The number of quaternary nitrogens is 1. The Morgan fingerprint density at radius 2 is 0.543 bits per heavy atom. The highest BCUT2D eigenvalue weighted by molar-refractivity contribution is 7.90. The molecule has 2 aliphatic rings. The van der Waals surface area contributed by atoms with Crippen LogP contribution in [0.25, 0.3) is 43.6 Å². The number of sulfonamides is 4. The minimum Gasteiger partial charge on any atom is -1.00 e. The largest absolute Gasteiger partial charge is 1.00 e. The van der Waals surface area contributed by atoms with Gasteiger partial charge in [-0.3, -0.25) is 0 Å². The van der Waals surface area contributed by atoms with E-state index < -0.39 is 40.1 Å². The number of H-pyrrole nitrogens is 2. The van der Waals surface area contributed by atoms with E-state index in [-0.39, 0.29) is 72.1 Å². The molecular weight excluding hydrogens is 1240 g/mol. The zero-order valence-electron chi connectivity index (χ0n) is 57.3. The van der Waals surface area contributed by atoms with Crippen molar-refractivity contribution in [3.63, 3.8) is 0 Å². The van der Waals surface area contributed by atoms with E-state index in [0.29, 0.717) is 43.6 Å². The van der Waals surface area contributed by atoms with Gasteiger partial charge in [-0.1, -0.05) is 185 Å². The number of benzene rings is 6. The lowest BCUT2D eigenvalue weighted by Crippen LogP contribution is -3.00. The standard InChI is InChI=1S/2C28H33N3O4S2.C16H36N.FH/c2*1-27(2,3)19-11-21-22-12-20(28(4,5)6)14-24-26(22)31-25(21)23(13-19)36(32,33)29-15-17-8-7-9-18(10-17)16-30-37(24,34)35;1-5-9-13-17(14-10-6-2,15-11-7-3)16-12-8-4;/h2*7-14,29-31H,15-16H2,1-6H3;5-16H2,1-4H3;1H/q;;+1;/p-1. The first-order chi connectivity index (χ1) is 42.4. The number of hydrogen-bond acceptors (Lipinski definition) is 8. The molecule has 2 aliphatic heterocycles. The molecule has 92 heavy (non-hydrogen) atoms. The van der Waals surface area contributed by atoms with Gasteiger partial charge >= 0.3 is 0 Å². The van der Waals surface area contributed by atoms with Crippen LogP contribution in [-0.4, -0.2) is 74.3 Å². The van der Waals surface area contributed by atoms with E-state index in [2.05, 4.69) is 56.6 Å². The van der Waals surface area contributed by atoms with Crippen LogP contribution in [0.2, 0.25) is 0 Å². The quantitative estimate of drug-likeness (QED) is 0.0645. The molecule has 504 valence electrons. The minimum atomic E-state index is -3.94. The number of aromatic nitrogens is 2. The minimum absolute atomic E-state index is 0. The van der Waals surface area contributed by atoms with Crippen LogP contribution in [0.5, 0.6) is 0 Å². The molecule has 0 unspecified atom stereocenters. The van der Waals surface area contributed by atoms with Gasteiger partial charge in [-0.25, -0.2) is 52.6 Å². The van der Waals surface area contributed by atoms with Crippen molar-refractivity contribution >= 4 is 83.7 Å². The Morgan fingerprint density at radius 1 is 0.337 bits per heavy atom. The molecule has 2 aromatic heterocycles. The molecule has 20 heteroatoms. The third-order valence-corrected chi connectivity index (χ3v) is 23.6. The number of nitrogens with zero attached hydrogens (tertiary/aromatic N) is 1. The third-order valence-electron chi connectivity index (χ3n) is 17.9. The molecule has 10 rings (SSSR count). The van der Waals surface area contributed by atoms with Gasteiger partial charge in [0.25, 0.3) is 0 Å². The smallest absolute Gasteiger partial charge is 0.242 e. The fourth-order valence-electron chi connectivity index (χ4n) is 12.0. The van der Waals surface area contributed by atoms with Gasteiger partial charge in [-0.05, 0) is 140 Å². The van der Waals surface area contributed by atoms with Crippen LogP contribution in [-0.2, 0) is 87.9 Å². The summed E-state index contributed by atoms with van der Waals surface area (Å²) in [7, 11) is -15.8.